The molecule has 1 aromatic rings. The van der Waals surface area contributed by atoms with Gasteiger partial charge in [0.1, 0.15) is 11.4 Å². The summed E-state index contributed by atoms with van der Waals surface area (Å²) in [5.74, 6) is 0.609. The van der Waals surface area contributed by atoms with E-state index in [4.69, 9.17) is 4.94 Å². The van der Waals surface area contributed by atoms with Crippen LogP contribution in [0.3, 0.4) is 0 Å². The van der Waals surface area contributed by atoms with Crippen molar-refractivity contribution in [1.29, 1.82) is 0 Å². The second-order valence-corrected chi connectivity index (χ2v) is 4.52. The van der Waals surface area contributed by atoms with Crippen LogP contribution in [0.5, 0.6) is 0 Å². The minimum absolute atomic E-state index is 0.542. The Kier molecular flexibility index (Phi) is 1.37. The maximum atomic E-state index is 5.47. The van der Waals surface area contributed by atoms with Crippen molar-refractivity contribution >= 4 is 11.4 Å². The minimum Gasteiger partial charge on any atom is -0.238 e. The average molecular weight is 204 g/mol. The van der Waals surface area contributed by atoms with E-state index in [0.29, 0.717) is 12.0 Å². The Morgan fingerprint density at radius 1 is 1.33 bits per heavy atom. The number of nitrogens with zero attached hydrogens (tertiary/aromatic N) is 3. The summed E-state index contributed by atoms with van der Waals surface area (Å²) in [5, 5.41) is 10.3. The highest BCUT2D eigenvalue weighted by molar-refractivity contribution is 5.73. The van der Waals surface area contributed by atoms with E-state index in [-0.39, 0.29) is 0 Å². The van der Waals surface area contributed by atoms with E-state index in [1.807, 2.05) is 5.06 Å². The fraction of sp³-hybridized carbons (Fsp3) is 0.600. The molecule has 0 aromatic carbocycles. The second kappa shape index (κ2) is 2.61. The van der Waals surface area contributed by atoms with Gasteiger partial charge in [0, 0.05) is 5.92 Å². The normalized spacial score (nSPS) is 23.9. The Morgan fingerprint density at radius 2 is 2.20 bits per heavy atom. The van der Waals surface area contributed by atoms with Gasteiger partial charge in [-0.2, -0.15) is 15.1 Å². The van der Waals surface area contributed by atoms with Gasteiger partial charge in [0.2, 0.25) is 0 Å². The molecule has 15 heavy (non-hydrogen) atoms. The number of anilines is 2. The molecule has 2 aliphatic carbocycles. The number of hydrogen-bond donors (Lipinski definition) is 1. The summed E-state index contributed by atoms with van der Waals surface area (Å²) in [4.78, 5) is 5.47. The molecule has 5 nitrogen and oxygen atoms in total. The van der Waals surface area contributed by atoms with Gasteiger partial charge in [0.25, 0.3) is 0 Å². The molecule has 2 fully saturated rings. The molecule has 1 aromatic heterocycles. The van der Waals surface area contributed by atoms with Crippen molar-refractivity contribution in [3.05, 3.63) is 11.9 Å². The molecule has 1 N–H and O–H groups in total. The molecule has 0 radical (unpaired) electrons. The average Bonchev–Trinajstić information content (AvgIpc) is 3.14. The highest BCUT2D eigenvalue weighted by Gasteiger charge is 2.40. The summed E-state index contributed by atoms with van der Waals surface area (Å²) in [6.07, 6.45) is 6.65. The van der Waals surface area contributed by atoms with Crippen LogP contribution in [0.4, 0.5) is 11.4 Å². The number of hydroxylamine groups is 1. The summed E-state index contributed by atoms with van der Waals surface area (Å²) >= 11 is 0. The molecular formula is C10H12N4O. The monoisotopic (exact) mass is 204 g/mol. The lowest BCUT2D eigenvalue weighted by Gasteiger charge is -2.15. The van der Waals surface area contributed by atoms with Gasteiger partial charge >= 0.3 is 0 Å². The summed E-state index contributed by atoms with van der Waals surface area (Å²) in [5.41, 5.74) is 6.14. The Labute approximate surface area is 87.3 Å². The van der Waals surface area contributed by atoms with Gasteiger partial charge in [0.15, 0.2) is 0 Å². The zero-order valence-corrected chi connectivity index (χ0v) is 8.31. The van der Waals surface area contributed by atoms with Crippen molar-refractivity contribution in [3.8, 4) is 0 Å². The lowest BCUT2D eigenvalue weighted by atomic mass is 10.2. The van der Waals surface area contributed by atoms with Gasteiger partial charge < -0.3 is 0 Å². The molecule has 3 aliphatic rings. The van der Waals surface area contributed by atoms with E-state index < -0.39 is 0 Å². The standard InChI is InChI=1S/C10H12N4O/c1-2-6(1)9-10-8(5-11-12-9)13-15-14(10)7-3-4-7/h5-7,13H,1-4H2. The zero-order valence-electron chi connectivity index (χ0n) is 8.31. The van der Waals surface area contributed by atoms with Crippen LogP contribution in [0.1, 0.15) is 37.3 Å². The molecule has 4 rings (SSSR count). The van der Waals surface area contributed by atoms with Gasteiger partial charge in [-0.15, -0.1) is 0 Å². The van der Waals surface area contributed by atoms with Crippen molar-refractivity contribution in [2.45, 2.75) is 37.6 Å². The molecule has 0 spiro atoms. The van der Waals surface area contributed by atoms with E-state index >= 15 is 0 Å². The van der Waals surface area contributed by atoms with Crippen molar-refractivity contribution in [3.63, 3.8) is 0 Å². The Morgan fingerprint density at radius 3 is 2.93 bits per heavy atom. The molecule has 0 saturated heterocycles. The molecular weight excluding hydrogens is 192 g/mol. The van der Waals surface area contributed by atoms with Gasteiger partial charge in [0.05, 0.1) is 17.9 Å². The third-order valence-corrected chi connectivity index (χ3v) is 3.17. The second-order valence-electron chi connectivity index (χ2n) is 4.52. The van der Waals surface area contributed by atoms with E-state index in [0.717, 1.165) is 17.1 Å². The first kappa shape index (κ1) is 7.87. The first-order chi connectivity index (χ1) is 7.43. The summed E-state index contributed by atoms with van der Waals surface area (Å²) < 4.78 is 0. The first-order valence-corrected chi connectivity index (χ1v) is 5.51. The topological polar surface area (TPSA) is 50.3 Å². The minimum atomic E-state index is 0.542. The number of rotatable bonds is 2. The van der Waals surface area contributed by atoms with E-state index in [2.05, 4.69) is 15.7 Å². The predicted molar refractivity (Wildman–Crippen MR) is 54.2 cm³/mol. The molecule has 0 bridgehead atoms. The van der Waals surface area contributed by atoms with Crippen LogP contribution in [0.15, 0.2) is 6.20 Å². The highest BCUT2D eigenvalue weighted by atomic mass is 16.8. The molecule has 0 unspecified atom stereocenters. The van der Waals surface area contributed by atoms with Crippen molar-refractivity contribution in [2.24, 2.45) is 0 Å². The molecule has 0 amide bonds. The van der Waals surface area contributed by atoms with E-state index in [1.165, 1.54) is 25.7 Å². The van der Waals surface area contributed by atoms with Crippen molar-refractivity contribution in [2.75, 3.05) is 10.5 Å². The van der Waals surface area contributed by atoms with E-state index in [9.17, 15) is 0 Å². The predicted octanol–water partition coefficient (Wildman–Crippen LogP) is 1.59. The Hall–Kier alpha value is -1.36. The maximum absolute atomic E-state index is 5.47. The maximum Gasteiger partial charge on any atom is 0.117 e. The third kappa shape index (κ3) is 1.13. The Bertz CT molecular complexity index is 414. The molecule has 1 aliphatic heterocycles. The molecule has 78 valence electrons. The highest BCUT2D eigenvalue weighted by Crippen LogP contribution is 2.49. The number of nitrogens with one attached hydrogen (secondary N) is 1. The summed E-state index contributed by atoms with van der Waals surface area (Å²) in [7, 11) is 0. The van der Waals surface area contributed by atoms with Gasteiger partial charge in [-0.1, -0.05) is 0 Å². The van der Waals surface area contributed by atoms with Crippen LogP contribution in [-0.2, 0) is 4.94 Å². The van der Waals surface area contributed by atoms with Gasteiger partial charge in [-0.25, -0.2) is 10.5 Å². The fourth-order valence-electron chi connectivity index (χ4n) is 2.04. The molecule has 0 atom stereocenters. The van der Waals surface area contributed by atoms with E-state index in [1.54, 1.807) is 6.20 Å². The van der Waals surface area contributed by atoms with Crippen LogP contribution >= 0.6 is 0 Å². The van der Waals surface area contributed by atoms with Gasteiger partial charge in [-0.3, -0.25) is 0 Å². The summed E-state index contributed by atoms with van der Waals surface area (Å²) in [6.45, 7) is 0. The molecule has 2 saturated carbocycles. The van der Waals surface area contributed by atoms with Crippen LogP contribution in [0.25, 0.3) is 0 Å². The summed E-state index contributed by atoms with van der Waals surface area (Å²) in [6, 6.07) is 0.542. The smallest absolute Gasteiger partial charge is 0.117 e. The fourth-order valence-corrected chi connectivity index (χ4v) is 2.04. The number of fused-ring (bicyclic) bond motifs is 1. The van der Waals surface area contributed by atoms with Crippen LogP contribution < -0.4 is 10.5 Å². The SMILES string of the molecule is c1nnc(C2CC2)c2c1NON2C1CC1. The number of aromatic nitrogens is 2. The molecule has 2 heterocycles. The van der Waals surface area contributed by atoms with Crippen molar-refractivity contribution < 1.29 is 4.94 Å². The van der Waals surface area contributed by atoms with Crippen LogP contribution in [0, 0.1) is 0 Å². The zero-order chi connectivity index (χ0) is 9.83. The Balaban J connectivity index is 1.82. The first-order valence-electron chi connectivity index (χ1n) is 5.51. The lowest BCUT2D eigenvalue weighted by molar-refractivity contribution is 0.176. The van der Waals surface area contributed by atoms with Crippen LogP contribution in [-0.4, -0.2) is 16.2 Å². The van der Waals surface area contributed by atoms with Crippen LogP contribution in [0.2, 0.25) is 0 Å². The van der Waals surface area contributed by atoms with Crippen molar-refractivity contribution in [1.82, 2.24) is 10.2 Å². The largest absolute Gasteiger partial charge is 0.238 e. The third-order valence-electron chi connectivity index (χ3n) is 3.17. The molecule has 5 heteroatoms. The quantitative estimate of drug-likeness (QED) is 0.792. The number of hydrogen-bond acceptors (Lipinski definition) is 5. The lowest BCUT2D eigenvalue weighted by Crippen LogP contribution is -2.23. The van der Waals surface area contributed by atoms with Gasteiger partial charge in [-0.05, 0) is 25.7 Å².